The molecule has 6 rings (SSSR count). The van der Waals surface area contributed by atoms with E-state index in [0.717, 1.165) is 39.5 Å². The van der Waals surface area contributed by atoms with E-state index in [1.165, 1.54) is 12.1 Å². The van der Waals surface area contributed by atoms with Crippen LogP contribution < -0.4 is 0 Å². The Hall–Kier alpha value is -5.79. The van der Waals surface area contributed by atoms with Gasteiger partial charge in [-0.05, 0) is 54.1 Å². The monoisotopic (exact) mass is 508 g/mol. The van der Waals surface area contributed by atoms with Gasteiger partial charge in [-0.2, -0.15) is 10.5 Å². The summed E-state index contributed by atoms with van der Waals surface area (Å²) in [6.07, 6.45) is 3.51. The van der Waals surface area contributed by atoms with E-state index in [2.05, 4.69) is 32.1 Å². The minimum atomic E-state index is -0.276. The van der Waals surface area contributed by atoms with Crippen LogP contribution in [-0.2, 0) is 0 Å². The van der Waals surface area contributed by atoms with Gasteiger partial charge in [-0.25, -0.2) is 14.4 Å². The zero-order chi connectivity index (χ0) is 27.0. The second-order valence-electron chi connectivity index (χ2n) is 8.55. The number of hydrogen-bond donors (Lipinski definition) is 2. The molecule has 6 aromatic rings. The predicted molar refractivity (Wildman–Crippen MR) is 148 cm³/mol. The number of aromatic nitrogens is 4. The first-order chi connectivity index (χ1) is 19.1. The Morgan fingerprint density at radius 1 is 0.538 bits per heavy atom. The van der Waals surface area contributed by atoms with Crippen molar-refractivity contribution in [3.05, 3.63) is 132 Å². The smallest absolute Gasteiger partial charge is 0.137 e. The molecule has 0 radical (unpaired) electrons. The third-order valence-corrected chi connectivity index (χ3v) is 5.94. The van der Waals surface area contributed by atoms with Crippen LogP contribution in [0.25, 0.3) is 45.3 Å². The van der Waals surface area contributed by atoms with Crippen molar-refractivity contribution in [2.75, 3.05) is 0 Å². The summed E-state index contributed by atoms with van der Waals surface area (Å²) in [5.74, 6) is 1.24. The van der Waals surface area contributed by atoms with E-state index in [9.17, 15) is 4.39 Å². The first kappa shape index (κ1) is 24.9. The van der Waals surface area contributed by atoms with Crippen LogP contribution in [0.4, 0.5) is 4.39 Å². The van der Waals surface area contributed by atoms with Gasteiger partial charge in [-0.3, -0.25) is 0 Å². The van der Waals surface area contributed by atoms with Gasteiger partial charge in [0.25, 0.3) is 0 Å². The third kappa shape index (κ3) is 5.96. The fraction of sp³-hybridized carbons (Fsp3) is 0. The van der Waals surface area contributed by atoms with Crippen molar-refractivity contribution >= 4 is 0 Å². The van der Waals surface area contributed by atoms with E-state index in [1.54, 1.807) is 42.6 Å². The van der Waals surface area contributed by atoms with Crippen molar-refractivity contribution in [2.45, 2.75) is 0 Å². The fourth-order valence-corrected chi connectivity index (χ4v) is 3.91. The molecule has 0 unspecified atom stereocenters. The molecule has 186 valence electrons. The minimum Gasteiger partial charge on any atom is -0.338 e. The highest BCUT2D eigenvalue weighted by Gasteiger charge is 2.07. The summed E-state index contributed by atoms with van der Waals surface area (Å²) in [4.78, 5) is 15.1. The first-order valence-corrected chi connectivity index (χ1v) is 12.1. The molecule has 2 aromatic heterocycles. The Bertz CT molecular complexity index is 1770. The summed E-state index contributed by atoms with van der Waals surface area (Å²) in [6.45, 7) is 0. The van der Waals surface area contributed by atoms with E-state index in [-0.39, 0.29) is 5.82 Å². The summed E-state index contributed by atoms with van der Waals surface area (Å²) >= 11 is 0. The maximum atomic E-state index is 12.9. The second-order valence-corrected chi connectivity index (χ2v) is 8.55. The molecule has 2 heterocycles. The zero-order valence-electron chi connectivity index (χ0n) is 20.6. The number of imidazole rings is 2. The summed E-state index contributed by atoms with van der Waals surface area (Å²) in [6, 6.07) is 35.1. The number of benzene rings is 4. The second kappa shape index (κ2) is 11.5. The highest BCUT2D eigenvalue weighted by Crippen LogP contribution is 2.24. The molecule has 0 aliphatic carbocycles. The number of aromatic amines is 2. The maximum absolute atomic E-state index is 12.9. The van der Waals surface area contributed by atoms with Gasteiger partial charge >= 0.3 is 0 Å². The molecule has 0 fully saturated rings. The molecule has 39 heavy (non-hydrogen) atoms. The van der Waals surface area contributed by atoms with Crippen LogP contribution in [0.2, 0.25) is 0 Å². The van der Waals surface area contributed by atoms with E-state index in [4.69, 9.17) is 10.5 Å². The van der Waals surface area contributed by atoms with Crippen molar-refractivity contribution < 1.29 is 4.39 Å². The molecule has 6 nitrogen and oxygen atoms in total. The highest BCUT2D eigenvalue weighted by atomic mass is 19.1. The molecular formula is C32H21FN6. The molecule has 0 aliphatic rings. The van der Waals surface area contributed by atoms with Crippen LogP contribution in [0.3, 0.4) is 0 Å². The van der Waals surface area contributed by atoms with E-state index >= 15 is 0 Å². The number of hydrogen-bond acceptors (Lipinski definition) is 4. The molecular weight excluding hydrogens is 487 g/mol. The summed E-state index contributed by atoms with van der Waals surface area (Å²) in [7, 11) is 0. The van der Waals surface area contributed by atoms with Crippen LogP contribution in [0.5, 0.6) is 0 Å². The minimum absolute atomic E-state index is 0.276. The van der Waals surface area contributed by atoms with E-state index < -0.39 is 0 Å². The summed E-state index contributed by atoms with van der Waals surface area (Å²) in [5.41, 5.74) is 6.81. The largest absolute Gasteiger partial charge is 0.338 e. The van der Waals surface area contributed by atoms with Crippen LogP contribution in [-0.4, -0.2) is 19.9 Å². The normalized spacial score (nSPS) is 10.1. The van der Waals surface area contributed by atoms with Crippen molar-refractivity contribution in [2.24, 2.45) is 0 Å². The molecule has 0 aliphatic heterocycles. The van der Waals surface area contributed by atoms with Gasteiger partial charge in [0.05, 0.1) is 47.0 Å². The lowest BCUT2D eigenvalue weighted by atomic mass is 10.1. The Morgan fingerprint density at radius 3 is 1.69 bits per heavy atom. The SMILES string of the molecule is N#Cc1ccc(-c2cnc(-c3ccccc3)[nH]2)cc1.N#Cc1cccc(-c2cnc(-c3ccc(F)cc3)[nH]2)c1. The Labute approximate surface area is 224 Å². The van der Waals surface area contributed by atoms with E-state index in [1.807, 2.05) is 60.8 Å². The molecule has 4 aromatic carbocycles. The standard InChI is InChI=1S/C16H10FN3.C16H11N3/c17-14-6-4-12(5-7-14)16-19-10-15(20-16)13-3-1-2-11(8-13)9-18;17-10-12-6-8-13(9-7-12)15-11-18-16(19-15)14-4-2-1-3-5-14/h1-8,10H,(H,19,20);1-9,11H,(H,18,19). The van der Waals surface area contributed by atoms with Gasteiger partial charge in [-0.1, -0.05) is 54.6 Å². The quantitative estimate of drug-likeness (QED) is 0.259. The van der Waals surface area contributed by atoms with Gasteiger partial charge in [0.15, 0.2) is 0 Å². The summed E-state index contributed by atoms with van der Waals surface area (Å²) < 4.78 is 12.9. The van der Waals surface area contributed by atoms with Gasteiger partial charge in [0, 0.05) is 16.7 Å². The summed E-state index contributed by atoms with van der Waals surface area (Å²) in [5, 5.41) is 17.7. The lowest BCUT2D eigenvalue weighted by Crippen LogP contribution is -1.82. The highest BCUT2D eigenvalue weighted by molar-refractivity contribution is 5.66. The van der Waals surface area contributed by atoms with Crippen LogP contribution in [0.15, 0.2) is 116 Å². The molecule has 0 saturated carbocycles. The molecule has 7 heteroatoms. The first-order valence-electron chi connectivity index (χ1n) is 12.1. The van der Waals surface area contributed by atoms with Gasteiger partial charge in [0.1, 0.15) is 17.5 Å². The van der Waals surface area contributed by atoms with Crippen LogP contribution in [0.1, 0.15) is 11.1 Å². The molecule has 0 bridgehead atoms. The molecule has 2 N–H and O–H groups in total. The third-order valence-electron chi connectivity index (χ3n) is 5.94. The number of nitrogens with zero attached hydrogens (tertiary/aromatic N) is 4. The average molecular weight is 509 g/mol. The average Bonchev–Trinajstić information content (AvgIpc) is 3.70. The van der Waals surface area contributed by atoms with Gasteiger partial charge in [0.2, 0.25) is 0 Å². The van der Waals surface area contributed by atoms with Gasteiger partial charge in [-0.15, -0.1) is 0 Å². The number of rotatable bonds is 4. The molecule has 0 saturated heterocycles. The van der Waals surface area contributed by atoms with Gasteiger partial charge < -0.3 is 9.97 Å². The van der Waals surface area contributed by atoms with Crippen molar-refractivity contribution in [3.8, 4) is 57.4 Å². The zero-order valence-corrected chi connectivity index (χ0v) is 20.6. The number of nitrogens with one attached hydrogen (secondary N) is 2. The van der Waals surface area contributed by atoms with Crippen molar-refractivity contribution in [1.82, 2.24) is 19.9 Å². The molecule has 0 atom stereocenters. The van der Waals surface area contributed by atoms with E-state index in [0.29, 0.717) is 17.0 Å². The van der Waals surface area contributed by atoms with Crippen LogP contribution >= 0.6 is 0 Å². The molecule has 0 amide bonds. The van der Waals surface area contributed by atoms with Crippen molar-refractivity contribution in [3.63, 3.8) is 0 Å². The topological polar surface area (TPSA) is 105 Å². The van der Waals surface area contributed by atoms with Crippen molar-refractivity contribution in [1.29, 1.82) is 10.5 Å². The van der Waals surface area contributed by atoms with Crippen LogP contribution in [0, 0.1) is 28.5 Å². The Kier molecular flexibility index (Phi) is 7.34. The fourth-order valence-electron chi connectivity index (χ4n) is 3.91. The Morgan fingerprint density at radius 2 is 1.08 bits per heavy atom. The predicted octanol–water partition coefficient (Wildman–Crippen LogP) is 7.37. The molecule has 0 spiro atoms. The lowest BCUT2D eigenvalue weighted by Gasteiger charge is -1.99. The number of nitriles is 2. The Balaban J connectivity index is 0.000000158. The maximum Gasteiger partial charge on any atom is 0.137 e. The number of H-pyrrole nitrogens is 2. The number of halogens is 1. The lowest BCUT2D eigenvalue weighted by molar-refractivity contribution is 0.628.